The number of hydrogen-bond acceptors (Lipinski definition) is 3. The predicted molar refractivity (Wildman–Crippen MR) is 93.2 cm³/mol. The van der Waals surface area contributed by atoms with Crippen molar-refractivity contribution in [3.8, 4) is 0 Å². The standard InChI is InChI=1S/C16H6O2SSe2Te/c17-12-8-1-3-19-14(8)13(18)9(12)5-7-6-11-16(21-7)15-10(22-11)2-4-20-15/h1-6H/b9-5+. The summed E-state index contributed by atoms with van der Waals surface area (Å²) < 4.78 is 7.53. The Morgan fingerprint density at radius 1 is 1.09 bits per heavy atom. The minimum atomic E-state index is -0.214. The number of allylic oxidation sites excluding steroid dienone is 1. The molecular weight excluding hydrogens is 542 g/mol. The van der Waals surface area contributed by atoms with Crippen LogP contribution in [0.25, 0.3) is 21.4 Å². The Bertz CT molecular complexity index is 1090. The number of rotatable bonds is 1. The van der Waals surface area contributed by atoms with Crippen LogP contribution >= 0.6 is 11.3 Å². The van der Waals surface area contributed by atoms with E-state index in [1.165, 1.54) is 15.8 Å². The van der Waals surface area contributed by atoms with Gasteiger partial charge in [-0.05, 0) is 0 Å². The number of Topliss-reactive ketones (excluding diaryl/α,β-unsaturated/α-hetero) is 2. The van der Waals surface area contributed by atoms with Gasteiger partial charge in [0.2, 0.25) is 0 Å². The SMILES string of the molecule is O=C1/C(=C\c2cc3[te]c4cc[se]c4c3[se]2)C(=O)c2sccc21. The second kappa shape index (κ2) is 5.03. The molecule has 0 aromatic carbocycles. The van der Waals surface area contributed by atoms with Crippen LogP contribution in [0.4, 0.5) is 0 Å². The number of carbonyl (C=O) groups is 2. The van der Waals surface area contributed by atoms with Gasteiger partial charge in [0.05, 0.1) is 0 Å². The van der Waals surface area contributed by atoms with Crippen molar-refractivity contribution in [1.82, 2.24) is 0 Å². The van der Waals surface area contributed by atoms with Crippen LogP contribution in [0.15, 0.2) is 34.1 Å². The Kier molecular flexibility index (Phi) is 3.19. The van der Waals surface area contributed by atoms with Gasteiger partial charge in [-0.3, -0.25) is 0 Å². The first-order valence-electron chi connectivity index (χ1n) is 6.50. The quantitative estimate of drug-likeness (QED) is 0.209. The first-order chi connectivity index (χ1) is 10.7. The average molecular weight is 548 g/mol. The van der Waals surface area contributed by atoms with Crippen molar-refractivity contribution in [3.63, 3.8) is 0 Å². The third-order valence-corrected chi connectivity index (χ3v) is 14.5. The molecule has 5 rings (SSSR count). The van der Waals surface area contributed by atoms with Crippen LogP contribution in [0.5, 0.6) is 0 Å². The maximum atomic E-state index is 12.4. The van der Waals surface area contributed by atoms with Crippen molar-refractivity contribution in [2.45, 2.75) is 0 Å². The zero-order valence-corrected chi connectivity index (χ0v) is 17.5. The molecule has 0 spiro atoms. The Morgan fingerprint density at radius 3 is 2.86 bits per heavy atom. The van der Waals surface area contributed by atoms with Crippen LogP contribution in [0.1, 0.15) is 24.5 Å². The molecule has 0 saturated heterocycles. The monoisotopic (exact) mass is 552 g/mol. The molecule has 6 heteroatoms. The van der Waals surface area contributed by atoms with Crippen LogP contribution in [0.3, 0.4) is 0 Å². The number of ketones is 2. The van der Waals surface area contributed by atoms with Gasteiger partial charge in [0, 0.05) is 0 Å². The molecule has 0 aliphatic heterocycles. The molecule has 4 heterocycles. The molecule has 0 unspecified atom stereocenters. The van der Waals surface area contributed by atoms with E-state index >= 15 is 0 Å². The van der Waals surface area contributed by atoms with Crippen LogP contribution in [-0.2, 0) is 0 Å². The van der Waals surface area contributed by atoms with Gasteiger partial charge in [-0.25, -0.2) is 0 Å². The van der Waals surface area contributed by atoms with Crippen molar-refractivity contribution in [1.29, 1.82) is 0 Å². The second-order valence-electron chi connectivity index (χ2n) is 4.94. The van der Waals surface area contributed by atoms with Gasteiger partial charge in [0.15, 0.2) is 0 Å². The molecule has 4 aromatic heterocycles. The van der Waals surface area contributed by atoms with E-state index in [2.05, 4.69) is 17.1 Å². The summed E-state index contributed by atoms with van der Waals surface area (Å²) in [5, 5.41) is 1.82. The summed E-state index contributed by atoms with van der Waals surface area (Å²) in [6.07, 6.45) is 1.87. The molecular formula is C16H6O2SSe2Te. The Balaban J connectivity index is 1.66. The summed E-state index contributed by atoms with van der Waals surface area (Å²) in [7, 11) is 0. The van der Waals surface area contributed by atoms with E-state index < -0.39 is 0 Å². The molecule has 22 heavy (non-hydrogen) atoms. The molecule has 1 aliphatic carbocycles. The fourth-order valence-corrected chi connectivity index (χ4v) is 15.3. The molecule has 4 aromatic rings. The van der Waals surface area contributed by atoms with Gasteiger partial charge in [-0.1, -0.05) is 0 Å². The van der Waals surface area contributed by atoms with E-state index in [1.54, 1.807) is 21.4 Å². The second-order valence-corrected chi connectivity index (χ2v) is 13.1. The van der Waals surface area contributed by atoms with E-state index in [9.17, 15) is 9.59 Å². The minimum absolute atomic E-state index is 0.0816. The molecule has 0 atom stereocenters. The molecule has 0 N–H and O–H groups in total. The average Bonchev–Trinajstić information content (AvgIpc) is 3.24. The molecule has 1 aliphatic rings. The van der Waals surface area contributed by atoms with Crippen molar-refractivity contribution in [2.24, 2.45) is 0 Å². The van der Waals surface area contributed by atoms with Gasteiger partial charge >= 0.3 is 152 Å². The van der Waals surface area contributed by atoms with Crippen molar-refractivity contribution >= 4 is 93.7 Å². The summed E-state index contributed by atoms with van der Waals surface area (Å²) in [6, 6.07) is 6.35. The molecule has 106 valence electrons. The van der Waals surface area contributed by atoms with E-state index in [4.69, 9.17) is 0 Å². The third kappa shape index (κ3) is 1.90. The zero-order valence-electron chi connectivity index (χ0n) is 10.9. The van der Waals surface area contributed by atoms with E-state index in [1.807, 2.05) is 11.5 Å². The number of fused-ring (bicyclic) bond motifs is 4. The van der Waals surface area contributed by atoms with Crippen LogP contribution in [0, 0.1) is 0 Å². The molecule has 0 radical (unpaired) electrons. The molecule has 0 bridgehead atoms. The predicted octanol–water partition coefficient (Wildman–Crippen LogP) is 2.69. The van der Waals surface area contributed by atoms with Gasteiger partial charge < -0.3 is 0 Å². The van der Waals surface area contributed by atoms with Crippen LogP contribution in [-0.4, -0.2) is 61.0 Å². The van der Waals surface area contributed by atoms with Crippen molar-refractivity contribution in [2.75, 3.05) is 0 Å². The fourth-order valence-electron chi connectivity index (χ4n) is 2.67. The summed E-state index contributed by atoms with van der Waals surface area (Å²) >= 11 is 1.94. The summed E-state index contributed by atoms with van der Waals surface area (Å²) in [5.41, 5.74) is 0.968. The fraction of sp³-hybridized carbons (Fsp3) is 0. The zero-order chi connectivity index (χ0) is 14.8. The Morgan fingerprint density at radius 2 is 2.00 bits per heavy atom. The van der Waals surface area contributed by atoms with E-state index in [0.717, 1.165) is 0 Å². The first kappa shape index (κ1) is 14.0. The first-order valence-corrected chi connectivity index (χ1v) is 13.3. The number of hydrogen-bond donors (Lipinski definition) is 0. The molecule has 0 saturated carbocycles. The number of carbonyl (C=O) groups excluding carboxylic acids is 2. The van der Waals surface area contributed by atoms with Gasteiger partial charge in [0.1, 0.15) is 0 Å². The van der Waals surface area contributed by atoms with Gasteiger partial charge in [-0.2, -0.15) is 0 Å². The normalized spacial score (nSPS) is 16.5. The summed E-state index contributed by atoms with van der Waals surface area (Å²) in [4.78, 5) is 27.7. The van der Waals surface area contributed by atoms with Crippen molar-refractivity contribution < 1.29 is 9.59 Å². The Labute approximate surface area is 151 Å². The third-order valence-electron chi connectivity index (χ3n) is 3.66. The maximum absolute atomic E-state index is 12.4. The van der Waals surface area contributed by atoms with E-state index in [0.29, 0.717) is 30.5 Å². The summed E-state index contributed by atoms with van der Waals surface area (Å²) in [6.45, 7) is 0. The number of thiophene rings is 1. The molecule has 0 amide bonds. The Hall–Kier alpha value is -0.431. The van der Waals surface area contributed by atoms with Crippen molar-refractivity contribution in [3.05, 3.63) is 49.0 Å². The van der Waals surface area contributed by atoms with Crippen LogP contribution < -0.4 is 0 Å². The summed E-state index contributed by atoms with van der Waals surface area (Å²) in [5.74, 6) is -0.171. The van der Waals surface area contributed by atoms with Gasteiger partial charge in [-0.15, -0.1) is 0 Å². The topological polar surface area (TPSA) is 34.1 Å². The van der Waals surface area contributed by atoms with E-state index in [-0.39, 0.29) is 46.5 Å². The van der Waals surface area contributed by atoms with Crippen LogP contribution in [0.2, 0.25) is 0 Å². The molecule has 2 nitrogen and oxygen atoms in total. The van der Waals surface area contributed by atoms with Gasteiger partial charge in [0.25, 0.3) is 0 Å². The molecule has 0 fully saturated rings.